The van der Waals surface area contributed by atoms with Crippen LogP contribution in [-0.2, 0) is 16.6 Å². The van der Waals surface area contributed by atoms with Gasteiger partial charge in [0.1, 0.15) is 16.5 Å². The molecule has 1 aromatic carbocycles. The number of hydrogen-bond acceptors (Lipinski definition) is 4. The second kappa shape index (κ2) is 4.75. The number of rotatable bonds is 4. The summed E-state index contributed by atoms with van der Waals surface area (Å²) in [7, 11) is -3.92. The van der Waals surface area contributed by atoms with Gasteiger partial charge in [0.2, 0.25) is 10.0 Å². The number of aromatic amines is 1. The molecule has 0 spiro atoms. The summed E-state index contributed by atoms with van der Waals surface area (Å²) in [5.41, 5.74) is 5.52. The minimum Gasteiger partial charge on any atom is -0.399 e. The molecule has 0 bridgehead atoms. The molecule has 0 aliphatic rings. The van der Waals surface area contributed by atoms with Crippen LogP contribution in [0.1, 0.15) is 5.82 Å². The summed E-state index contributed by atoms with van der Waals surface area (Å²) >= 11 is 0. The highest BCUT2D eigenvalue weighted by molar-refractivity contribution is 7.89. The Morgan fingerprint density at radius 2 is 2.22 bits per heavy atom. The van der Waals surface area contributed by atoms with Crippen LogP contribution in [0.5, 0.6) is 0 Å². The first-order chi connectivity index (χ1) is 8.49. The van der Waals surface area contributed by atoms with Crippen LogP contribution in [0.15, 0.2) is 35.5 Å². The van der Waals surface area contributed by atoms with Crippen LogP contribution in [0, 0.1) is 5.82 Å². The second-order valence-electron chi connectivity index (χ2n) is 3.55. The Balaban J connectivity index is 2.20. The molecule has 6 nitrogen and oxygen atoms in total. The number of nitrogens with one attached hydrogen (secondary N) is 2. The zero-order chi connectivity index (χ0) is 13.2. The first-order valence-corrected chi connectivity index (χ1v) is 6.50. The van der Waals surface area contributed by atoms with Gasteiger partial charge in [-0.2, -0.15) is 0 Å². The van der Waals surface area contributed by atoms with E-state index < -0.39 is 20.7 Å². The maximum atomic E-state index is 13.5. The van der Waals surface area contributed by atoms with Gasteiger partial charge in [-0.15, -0.1) is 0 Å². The zero-order valence-corrected chi connectivity index (χ0v) is 10.0. The summed E-state index contributed by atoms with van der Waals surface area (Å²) in [4.78, 5) is 6.14. The van der Waals surface area contributed by atoms with Crippen LogP contribution >= 0.6 is 0 Å². The van der Waals surface area contributed by atoms with Gasteiger partial charge in [-0.3, -0.25) is 0 Å². The number of H-pyrrole nitrogens is 1. The van der Waals surface area contributed by atoms with Crippen molar-refractivity contribution < 1.29 is 12.8 Å². The lowest BCUT2D eigenvalue weighted by molar-refractivity contribution is 0.556. The summed E-state index contributed by atoms with van der Waals surface area (Å²) in [5, 5.41) is 0. The van der Waals surface area contributed by atoms with E-state index >= 15 is 0 Å². The molecule has 0 saturated carbocycles. The zero-order valence-electron chi connectivity index (χ0n) is 9.22. The number of benzene rings is 1. The number of nitrogen functional groups attached to an aromatic ring is 1. The fourth-order valence-electron chi connectivity index (χ4n) is 1.37. The highest BCUT2D eigenvalue weighted by Gasteiger charge is 2.19. The van der Waals surface area contributed by atoms with E-state index in [1.807, 2.05) is 0 Å². The molecule has 1 heterocycles. The highest BCUT2D eigenvalue weighted by atomic mass is 32.2. The minimum atomic E-state index is -3.92. The Morgan fingerprint density at radius 1 is 1.44 bits per heavy atom. The van der Waals surface area contributed by atoms with E-state index in [4.69, 9.17) is 5.73 Å². The fraction of sp³-hybridized carbons (Fsp3) is 0.100. The Bertz CT molecular complexity index is 640. The topological polar surface area (TPSA) is 101 Å². The van der Waals surface area contributed by atoms with Gasteiger partial charge in [0.05, 0.1) is 6.54 Å². The fourth-order valence-corrected chi connectivity index (χ4v) is 2.42. The van der Waals surface area contributed by atoms with Crippen LogP contribution in [0.4, 0.5) is 10.1 Å². The molecule has 0 radical (unpaired) electrons. The lowest BCUT2D eigenvalue weighted by Crippen LogP contribution is -2.24. The first-order valence-electron chi connectivity index (χ1n) is 5.02. The van der Waals surface area contributed by atoms with E-state index in [0.717, 1.165) is 12.1 Å². The quantitative estimate of drug-likeness (QED) is 0.708. The molecule has 0 amide bonds. The van der Waals surface area contributed by atoms with E-state index in [2.05, 4.69) is 14.7 Å². The molecule has 0 aliphatic heterocycles. The molecule has 4 N–H and O–H groups in total. The third kappa shape index (κ3) is 2.66. The van der Waals surface area contributed by atoms with Crippen molar-refractivity contribution in [1.82, 2.24) is 14.7 Å². The van der Waals surface area contributed by atoms with Crippen molar-refractivity contribution in [2.75, 3.05) is 5.73 Å². The van der Waals surface area contributed by atoms with E-state index in [1.165, 1.54) is 12.3 Å². The van der Waals surface area contributed by atoms with Crippen molar-refractivity contribution in [1.29, 1.82) is 0 Å². The van der Waals surface area contributed by atoms with Gasteiger partial charge in [-0.25, -0.2) is 22.5 Å². The summed E-state index contributed by atoms with van der Waals surface area (Å²) in [6, 6.07) is 3.40. The largest absolute Gasteiger partial charge is 0.399 e. The van der Waals surface area contributed by atoms with Crippen molar-refractivity contribution in [3.63, 3.8) is 0 Å². The minimum absolute atomic E-state index is 0.0425. The lowest BCUT2D eigenvalue weighted by Gasteiger charge is -2.06. The molecule has 0 fully saturated rings. The first kappa shape index (κ1) is 12.5. The van der Waals surface area contributed by atoms with Crippen molar-refractivity contribution in [3.05, 3.63) is 42.2 Å². The van der Waals surface area contributed by atoms with Crippen LogP contribution in [-0.4, -0.2) is 18.4 Å². The maximum Gasteiger partial charge on any atom is 0.243 e. The SMILES string of the molecule is Nc1ccc(S(=O)(=O)NCc2ncc[nH]2)c(F)c1. The highest BCUT2D eigenvalue weighted by Crippen LogP contribution is 2.17. The number of imidazole rings is 1. The van der Waals surface area contributed by atoms with Gasteiger partial charge in [-0.1, -0.05) is 0 Å². The number of hydrogen-bond donors (Lipinski definition) is 3. The molecular weight excluding hydrogens is 259 g/mol. The Morgan fingerprint density at radius 3 is 2.83 bits per heavy atom. The normalized spacial score (nSPS) is 11.6. The summed E-state index contributed by atoms with van der Waals surface area (Å²) in [6.45, 7) is -0.0425. The molecule has 18 heavy (non-hydrogen) atoms. The number of anilines is 1. The van der Waals surface area contributed by atoms with Gasteiger partial charge < -0.3 is 10.7 Å². The van der Waals surface area contributed by atoms with Crippen LogP contribution in [0.25, 0.3) is 0 Å². The van der Waals surface area contributed by atoms with Crippen LogP contribution in [0.2, 0.25) is 0 Å². The van der Waals surface area contributed by atoms with Gasteiger partial charge in [0, 0.05) is 18.1 Å². The molecule has 0 saturated heterocycles. The summed E-state index contributed by atoms with van der Waals surface area (Å²) in [6.07, 6.45) is 3.06. The van der Waals surface area contributed by atoms with Gasteiger partial charge in [0.25, 0.3) is 0 Å². The van der Waals surface area contributed by atoms with Crippen LogP contribution < -0.4 is 10.5 Å². The Kier molecular flexibility index (Phi) is 3.30. The number of nitrogens with two attached hydrogens (primary N) is 1. The predicted octanol–water partition coefficient (Wildman–Crippen LogP) is 0.609. The Labute approximate surface area is 103 Å². The molecule has 0 atom stereocenters. The molecule has 0 unspecified atom stereocenters. The molecule has 96 valence electrons. The summed E-state index contributed by atoms with van der Waals surface area (Å²) < 4.78 is 39.4. The van der Waals surface area contributed by atoms with Gasteiger partial charge >= 0.3 is 0 Å². The summed E-state index contributed by atoms with van der Waals surface area (Å²) in [5.74, 6) is -0.448. The lowest BCUT2D eigenvalue weighted by atomic mass is 10.3. The number of halogens is 1. The van der Waals surface area contributed by atoms with E-state index in [1.54, 1.807) is 6.20 Å². The smallest absolute Gasteiger partial charge is 0.243 e. The van der Waals surface area contributed by atoms with Gasteiger partial charge in [-0.05, 0) is 18.2 Å². The predicted molar refractivity (Wildman–Crippen MR) is 63.4 cm³/mol. The number of nitrogens with zero attached hydrogens (tertiary/aromatic N) is 1. The standard InChI is InChI=1S/C10H11FN4O2S/c11-8-5-7(12)1-2-9(8)18(16,17)15-6-10-13-3-4-14-10/h1-5,15H,6,12H2,(H,13,14). The molecule has 1 aromatic heterocycles. The van der Waals surface area contributed by atoms with E-state index in [0.29, 0.717) is 5.82 Å². The van der Waals surface area contributed by atoms with Gasteiger partial charge in [0.15, 0.2) is 0 Å². The van der Waals surface area contributed by atoms with Crippen molar-refractivity contribution in [2.24, 2.45) is 0 Å². The maximum absolute atomic E-state index is 13.5. The number of sulfonamides is 1. The average molecular weight is 270 g/mol. The molecule has 8 heteroatoms. The third-order valence-electron chi connectivity index (χ3n) is 2.23. The van der Waals surface area contributed by atoms with E-state index in [-0.39, 0.29) is 12.2 Å². The third-order valence-corrected chi connectivity index (χ3v) is 3.66. The molecular formula is C10H11FN4O2S. The molecule has 2 aromatic rings. The average Bonchev–Trinajstić information content (AvgIpc) is 2.78. The van der Waals surface area contributed by atoms with Crippen molar-refractivity contribution >= 4 is 15.7 Å². The molecule has 2 rings (SSSR count). The molecule has 0 aliphatic carbocycles. The van der Waals surface area contributed by atoms with E-state index in [9.17, 15) is 12.8 Å². The van der Waals surface area contributed by atoms with Crippen LogP contribution in [0.3, 0.4) is 0 Å². The van der Waals surface area contributed by atoms with Crippen molar-refractivity contribution in [2.45, 2.75) is 11.4 Å². The monoisotopic (exact) mass is 270 g/mol. The number of aromatic nitrogens is 2. The van der Waals surface area contributed by atoms with Crippen molar-refractivity contribution in [3.8, 4) is 0 Å². The second-order valence-corrected chi connectivity index (χ2v) is 5.29. The Hall–Kier alpha value is -1.93.